The van der Waals surface area contributed by atoms with Crippen molar-refractivity contribution in [3.63, 3.8) is 0 Å². The van der Waals surface area contributed by atoms with E-state index in [1.807, 2.05) is 0 Å². The molecule has 2 atom stereocenters. The zero-order valence-corrected chi connectivity index (χ0v) is 16.4. The molecule has 2 unspecified atom stereocenters. The molecular weight excluding hydrogens is 381 g/mol. The largest absolute Gasteiger partial charge is 0.615 e. The third-order valence-electron chi connectivity index (χ3n) is 4.53. The number of halogens is 1. The number of hydrogen-bond acceptors (Lipinski definition) is 4. The molecule has 7 heteroatoms. The van der Waals surface area contributed by atoms with Gasteiger partial charge in [0.1, 0.15) is 29.6 Å². The van der Waals surface area contributed by atoms with Gasteiger partial charge in [-0.15, -0.1) is 0 Å². The zero-order valence-electron chi connectivity index (χ0n) is 15.6. The summed E-state index contributed by atoms with van der Waals surface area (Å²) in [7, 11) is 0. The second-order valence-electron chi connectivity index (χ2n) is 6.30. The molecule has 0 amide bonds. The third kappa shape index (κ3) is 4.10. The fraction of sp³-hybridized carbons (Fsp3) is 0.238. The Hall–Kier alpha value is -2.64. The SMILES string of the molecule is CC[S+]([O-])C(C)n1cc2ccc(OCc3ccc(F)cc3)cc2c1C(=O)C=O. The molecule has 0 aliphatic carbocycles. The molecule has 28 heavy (non-hydrogen) atoms. The number of carbonyl (C=O) groups is 2. The summed E-state index contributed by atoms with van der Waals surface area (Å²) in [4.78, 5) is 23.5. The van der Waals surface area contributed by atoms with Crippen molar-refractivity contribution < 1.29 is 23.3 Å². The van der Waals surface area contributed by atoms with Crippen molar-refractivity contribution in [1.29, 1.82) is 0 Å². The van der Waals surface area contributed by atoms with Crippen molar-refractivity contribution in [3.05, 3.63) is 65.7 Å². The van der Waals surface area contributed by atoms with Crippen molar-refractivity contribution in [3.8, 4) is 5.75 Å². The highest BCUT2D eigenvalue weighted by atomic mass is 32.2. The molecule has 2 aromatic carbocycles. The monoisotopic (exact) mass is 401 g/mol. The van der Waals surface area contributed by atoms with Gasteiger partial charge in [-0.3, -0.25) is 14.2 Å². The number of aromatic nitrogens is 1. The third-order valence-corrected chi connectivity index (χ3v) is 6.09. The van der Waals surface area contributed by atoms with Gasteiger partial charge >= 0.3 is 0 Å². The van der Waals surface area contributed by atoms with Gasteiger partial charge < -0.3 is 9.29 Å². The molecule has 0 N–H and O–H groups in total. The van der Waals surface area contributed by atoms with E-state index >= 15 is 0 Å². The van der Waals surface area contributed by atoms with Crippen molar-refractivity contribution in [2.24, 2.45) is 0 Å². The summed E-state index contributed by atoms with van der Waals surface area (Å²) in [5.74, 6) is -0.0391. The van der Waals surface area contributed by atoms with E-state index in [1.165, 1.54) is 12.1 Å². The number of aldehydes is 1. The minimum Gasteiger partial charge on any atom is -0.615 e. The van der Waals surface area contributed by atoms with E-state index in [-0.39, 0.29) is 24.4 Å². The molecule has 0 fully saturated rings. The molecule has 0 aliphatic heterocycles. The van der Waals surface area contributed by atoms with Crippen LogP contribution in [0.25, 0.3) is 10.8 Å². The topological polar surface area (TPSA) is 71.4 Å². The van der Waals surface area contributed by atoms with Gasteiger partial charge in [0, 0.05) is 23.9 Å². The molecule has 5 nitrogen and oxygen atoms in total. The smallest absolute Gasteiger partial charge is 0.242 e. The summed E-state index contributed by atoms with van der Waals surface area (Å²) < 4.78 is 32.6. The minimum absolute atomic E-state index is 0.200. The Balaban J connectivity index is 1.96. The highest BCUT2D eigenvalue weighted by Gasteiger charge is 2.25. The van der Waals surface area contributed by atoms with Crippen molar-refractivity contribution in [1.82, 2.24) is 4.57 Å². The van der Waals surface area contributed by atoms with E-state index in [1.54, 1.807) is 54.9 Å². The molecule has 1 aromatic heterocycles. The predicted molar refractivity (Wildman–Crippen MR) is 106 cm³/mol. The molecule has 0 aliphatic rings. The highest BCUT2D eigenvalue weighted by molar-refractivity contribution is 7.91. The summed E-state index contributed by atoms with van der Waals surface area (Å²) in [6, 6.07) is 11.2. The summed E-state index contributed by atoms with van der Waals surface area (Å²) in [6.07, 6.45) is 1.99. The van der Waals surface area contributed by atoms with Crippen LogP contribution in [0.1, 0.15) is 35.3 Å². The van der Waals surface area contributed by atoms with Gasteiger partial charge in [-0.1, -0.05) is 12.1 Å². The Morgan fingerprint density at radius 2 is 2.00 bits per heavy atom. The van der Waals surface area contributed by atoms with Crippen molar-refractivity contribution in [2.45, 2.75) is 25.8 Å². The number of Topliss-reactive ketones (excluding diaryl/α,β-unsaturated/α-hetero) is 1. The van der Waals surface area contributed by atoms with Crippen LogP contribution in [0.2, 0.25) is 0 Å². The first-order chi connectivity index (χ1) is 13.4. The van der Waals surface area contributed by atoms with Gasteiger partial charge in [0.05, 0.1) is 0 Å². The lowest BCUT2D eigenvalue weighted by molar-refractivity contribution is -0.104. The first-order valence-corrected chi connectivity index (χ1v) is 10.2. The lowest BCUT2D eigenvalue weighted by atomic mass is 10.1. The maximum Gasteiger partial charge on any atom is 0.242 e. The van der Waals surface area contributed by atoms with Crippen LogP contribution in [0, 0.1) is 5.82 Å². The molecule has 146 valence electrons. The van der Waals surface area contributed by atoms with E-state index in [9.17, 15) is 18.5 Å². The summed E-state index contributed by atoms with van der Waals surface area (Å²) in [5, 5.41) is 0.868. The lowest BCUT2D eigenvalue weighted by Crippen LogP contribution is -2.22. The van der Waals surface area contributed by atoms with E-state index in [0.717, 1.165) is 10.9 Å². The van der Waals surface area contributed by atoms with Gasteiger partial charge in [-0.2, -0.15) is 0 Å². The number of benzene rings is 2. The van der Waals surface area contributed by atoms with Crippen LogP contribution in [0.4, 0.5) is 4.39 Å². The summed E-state index contributed by atoms with van der Waals surface area (Å²) >= 11 is -1.18. The van der Waals surface area contributed by atoms with E-state index in [0.29, 0.717) is 16.9 Å². The van der Waals surface area contributed by atoms with Crippen LogP contribution in [0.3, 0.4) is 0 Å². The molecule has 3 aromatic rings. The van der Waals surface area contributed by atoms with E-state index in [4.69, 9.17) is 4.74 Å². The van der Waals surface area contributed by atoms with E-state index < -0.39 is 22.3 Å². The van der Waals surface area contributed by atoms with Gasteiger partial charge in [-0.25, -0.2) is 4.39 Å². The normalized spacial score (nSPS) is 13.3. The lowest BCUT2D eigenvalue weighted by Gasteiger charge is -2.19. The molecule has 0 saturated heterocycles. The molecule has 0 bridgehead atoms. The Labute approximate surface area is 165 Å². The van der Waals surface area contributed by atoms with Crippen molar-refractivity contribution in [2.75, 3.05) is 5.75 Å². The maximum absolute atomic E-state index is 13.0. The zero-order chi connectivity index (χ0) is 20.3. The number of rotatable bonds is 8. The molecule has 0 spiro atoms. The number of hydrogen-bond donors (Lipinski definition) is 0. The number of ether oxygens (including phenoxy) is 1. The van der Waals surface area contributed by atoms with Gasteiger partial charge in [0.15, 0.2) is 11.7 Å². The average Bonchev–Trinajstić information content (AvgIpc) is 3.10. The number of ketones is 1. The van der Waals surface area contributed by atoms with Crippen LogP contribution < -0.4 is 4.74 Å². The van der Waals surface area contributed by atoms with Crippen LogP contribution in [-0.2, 0) is 22.6 Å². The standard InChI is InChI=1S/C21H20FNO4S/c1-3-28(26)14(2)23-11-16-6-9-18(10-19(16)21(23)20(25)12-24)27-13-15-4-7-17(22)8-5-15/h4-12,14H,3,13H2,1-2H3. The first-order valence-electron chi connectivity index (χ1n) is 8.83. The Morgan fingerprint density at radius 1 is 1.29 bits per heavy atom. The van der Waals surface area contributed by atoms with Crippen molar-refractivity contribution >= 4 is 34.0 Å². The van der Waals surface area contributed by atoms with Gasteiger partial charge in [0.25, 0.3) is 0 Å². The van der Waals surface area contributed by atoms with Crippen LogP contribution in [0.5, 0.6) is 5.75 Å². The van der Waals surface area contributed by atoms with Crippen LogP contribution >= 0.6 is 0 Å². The molecule has 1 heterocycles. The fourth-order valence-corrected chi connectivity index (χ4v) is 3.92. The second-order valence-corrected chi connectivity index (χ2v) is 8.32. The Kier molecular flexibility index (Phi) is 6.16. The average molecular weight is 401 g/mol. The van der Waals surface area contributed by atoms with Gasteiger partial charge in [0.2, 0.25) is 5.78 Å². The quantitative estimate of drug-likeness (QED) is 0.247. The number of carbonyl (C=O) groups excluding carboxylic acids is 2. The Morgan fingerprint density at radius 3 is 2.64 bits per heavy atom. The molecule has 0 saturated carbocycles. The fourth-order valence-electron chi connectivity index (χ4n) is 3.01. The minimum atomic E-state index is -1.18. The predicted octanol–water partition coefficient (Wildman–Crippen LogP) is 4.03. The van der Waals surface area contributed by atoms with Gasteiger partial charge in [-0.05, 0) is 54.0 Å². The summed E-state index contributed by atoms with van der Waals surface area (Å²) in [5.41, 5.74) is 1.00. The first kappa shape index (κ1) is 20.1. The summed E-state index contributed by atoms with van der Waals surface area (Å²) in [6.45, 7) is 3.80. The second kappa shape index (κ2) is 8.58. The highest BCUT2D eigenvalue weighted by Crippen LogP contribution is 2.30. The maximum atomic E-state index is 13.0. The molecule has 0 radical (unpaired) electrons. The van der Waals surface area contributed by atoms with E-state index in [2.05, 4.69) is 0 Å². The van der Waals surface area contributed by atoms with Crippen LogP contribution in [0.15, 0.2) is 48.7 Å². The number of fused-ring (bicyclic) bond motifs is 1. The number of nitrogens with zero attached hydrogens (tertiary/aromatic N) is 1. The molecule has 3 rings (SSSR count). The Bertz CT molecular complexity index is 1000. The van der Waals surface area contributed by atoms with Crippen LogP contribution in [-0.4, -0.2) is 26.9 Å². The molecular formula is C21H20FNO4S.